The van der Waals surface area contributed by atoms with Gasteiger partial charge in [-0.15, -0.1) is 0 Å². The van der Waals surface area contributed by atoms with Crippen LogP contribution >= 0.6 is 10.6 Å². The van der Waals surface area contributed by atoms with Gasteiger partial charge < -0.3 is 15.5 Å². The lowest BCUT2D eigenvalue weighted by atomic mass is 9.33. The quantitative estimate of drug-likeness (QED) is 0.149. The molecule has 7 rings (SSSR count). The van der Waals surface area contributed by atoms with E-state index in [4.69, 9.17) is 0 Å². The number of carboxylic acids is 1. The normalized spacial score (nSPS) is 46.0. The number of hydrogen-bond donors (Lipinski definition) is 5. The van der Waals surface area contributed by atoms with Crippen LogP contribution in [-0.4, -0.2) is 86.2 Å². The lowest BCUT2D eigenvalue weighted by Crippen LogP contribution is -2.68. The zero-order valence-electron chi connectivity index (χ0n) is 33.7. The van der Waals surface area contributed by atoms with E-state index in [1.54, 1.807) is 0 Å². The van der Waals surface area contributed by atoms with Crippen LogP contribution in [0.15, 0.2) is 35.5 Å². The lowest BCUT2D eigenvalue weighted by molar-refractivity contribution is -0.221. The van der Waals surface area contributed by atoms with E-state index >= 15 is 0 Å². The van der Waals surface area contributed by atoms with Crippen LogP contribution in [0.25, 0.3) is 0 Å². The Morgan fingerprint density at radius 1 is 0.962 bits per heavy atom. The molecule has 5 N–H and O–H groups in total. The first-order chi connectivity index (χ1) is 24.8. The van der Waals surface area contributed by atoms with Gasteiger partial charge in [-0.05, 0) is 146 Å². The van der Waals surface area contributed by atoms with E-state index in [2.05, 4.69) is 70.5 Å². The van der Waals surface area contributed by atoms with Gasteiger partial charge in [0.05, 0.1) is 23.0 Å². The second-order valence-electron chi connectivity index (χ2n) is 20.6. The molecule has 7 nitrogen and oxygen atoms in total. The van der Waals surface area contributed by atoms with Gasteiger partial charge in [0.25, 0.3) is 0 Å². The lowest BCUT2D eigenvalue weighted by Gasteiger charge is -2.72. The number of fused-ring (bicyclic) bond motifs is 7. The molecule has 6 aliphatic carbocycles. The van der Waals surface area contributed by atoms with Gasteiger partial charge in [-0.25, -0.2) is 4.39 Å². The Labute approximate surface area is 321 Å². The maximum atomic E-state index is 14.0. The Morgan fingerprint density at radius 3 is 2.30 bits per heavy atom. The van der Waals surface area contributed by atoms with Gasteiger partial charge >= 0.3 is 5.97 Å². The summed E-state index contributed by atoms with van der Waals surface area (Å²) in [7, 11) is -2.45. The summed E-state index contributed by atoms with van der Waals surface area (Å²) in [6.07, 6.45) is 16.0. The van der Waals surface area contributed by atoms with Gasteiger partial charge in [-0.2, -0.15) is 10.6 Å². The number of halogens is 1. The molecule has 0 aromatic rings. The Bertz CT molecular complexity index is 1520. The molecule has 2 unspecified atom stereocenters. The fourth-order valence-electron chi connectivity index (χ4n) is 14.7. The number of nitrogens with zero attached hydrogens (tertiary/aromatic N) is 1. The van der Waals surface area contributed by atoms with Gasteiger partial charge in [-0.3, -0.25) is 18.8 Å². The average Bonchev–Trinajstić information content (AvgIpc) is 3.49. The van der Waals surface area contributed by atoms with Crippen molar-refractivity contribution in [2.75, 3.05) is 44.4 Å². The van der Waals surface area contributed by atoms with Crippen molar-refractivity contribution in [2.45, 2.75) is 130 Å². The van der Waals surface area contributed by atoms with E-state index in [1.165, 1.54) is 48.8 Å². The Hall–Kier alpha value is -1.23. The smallest absolute Gasteiger partial charge is 0.312 e. The molecular formula is C44H71FN2O5S. The van der Waals surface area contributed by atoms with Crippen LogP contribution in [0, 0.1) is 56.7 Å². The minimum Gasteiger partial charge on any atom is -0.481 e. The van der Waals surface area contributed by atoms with Crippen molar-refractivity contribution in [1.29, 1.82) is 0 Å². The SMILES string of the molecule is C=C(C)[C@@H]1CC[C@]2(NCC(O)CN3CCS(O)(O)CC3)CC[C@]3(C)[C@H](CC[C@@H]4[C@@]5(C)CC=C(C6=CCC(CF)(C(=O)O)CC6)C(C)(C)[C@@H]5CC[C@]43C)[C@@H]12. The third kappa shape index (κ3) is 6.27. The standard InChI is InChI=1S/C44H71FN2O5S/c1-29(2)32-12-19-44(46-26-31(48)27-47-22-24-53(51,52)25-23-47)21-20-41(6)34(37(32)44)8-9-36-40(5)15-13-33(39(3,4)35(40)14-16-42(36,41)7)30-10-17-43(28-45,18-11-30)38(49)50/h10,13,31-32,34-37,46,48,51-52H,1,8-9,11-12,14-28H2,2-7H3,(H,49,50)/t31?,32-,34+,35-,36+,37+,40-,41+,42+,43?,44-/m0/s1. The molecule has 1 aliphatic heterocycles. The number of alkyl halides is 1. The summed E-state index contributed by atoms with van der Waals surface area (Å²) >= 11 is 0. The Morgan fingerprint density at radius 2 is 1.68 bits per heavy atom. The maximum Gasteiger partial charge on any atom is 0.312 e. The minimum atomic E-state index is -2.45. The highest BCUT2D eigenvalue weighted by atomic mass is 32.3. The van der Waals surface area contributed by atoms with E-state index in [-0.39, 0.29) is 33.6 Å². The van der Waals surface area contributed by atoms with Crippen molar-refractivity contribution < 1.29 is 28.5 Å². The minimum absolute atomic E-state index is 0.00897. The van der Waals surface area contributed by atoms with Gasteiger partial charge in [0.15, 0.2) is 0 Å². The van der Waals surface area contributed by atoms with Crippen molar-refractivity contribution in [3.63, 3.8) is 0 Å². The summed E-state index contributed by atoms with van der Waals surface area (Å²) in [5, 5.41) is 25.2. The Balaban J connectivity index is 1.11. The first kappa shape index (κ1) is 40.0. The highest BCUT2D eigenvalue weighted by molar-refractivity contribution is 8.24. The number of aliphatic hydroxyl groups excluding tert-OH is 1. The number of carboxylic acid groups (broad SMARTS) is 1. The second kappa shape index (κ2) is 13.7. The van der Waals surface area contributed by atoms with Gasteiger partial charge in [0, 0.05) is 31.7 Å². The number of aliphatic carboxylic acids is 1. The average molecular weight is 759 g/mol. The van der Waals surface area contributed by atoms with Crippen molar-refractivity contribution in [2.24, 2.45) is 56.7 Å². The van der Waals surface area contributed by atoms with Crippen molar-refractivity contribution in [3.8, 4) is 0 Å². The monoisotopic (exact) mass is 759 g/mol. The largest absolute Gasteiger partial charge is 0.481 e. The number of hydrogen-bond acceptors (Lipinski definition) is 6. The molecule has 53 heavy (non-hydrogen) atoms. The molecule has 300 valence electrons. The predicted octanol–water partition coefficient (Wildman–Crippen LogP) is 9.10. The van der Waals surface area contributed by atoms with Crippen LogP contribution in [0.1, 0.15) is 119 Å². The maximum absolute atomic E-state index is 14.0. The zero-order chi connectivity index (χ0) is 38.4. The number of β-amino-alcohol motifs (C(OH)–C–C–N with tert-alkyl or cyclic N) is 1. The van der Waals surface area contributed by atoms with Crippen LogP contribution in [0.4, 0.5) is 4.39 Å². The molecule has 0 aromatic carbocycles. The molecule has 0 bridgehead atoms. The number of rotatable bonds is 9. The number of allylic oxidation sites excluding steroid dienone is 5. The summed E-state index contributed by atoms with van der Waals surface area (Å²) in [5.41, 5.74) is 3.27. The van der Waals surface area contributed by atoms with Crippen LogP contribution in [0.5, 0.6) is 0 Å². The third-order valence-electron chi connectivity index (χ3n) is 17.9. The molecule has 0 amide bonds. The fourth-order valence-corrected chi connectivity index (χ4v) is 16.1. The zero-order valence-corrected chi connectivity index (χ0v) is 34.5. The summed E-state index contributed by atoms with van der Waals surface area (Å²) in [6.45, 7) is 21.2. The molecular weight excluding hydrogens is 688 g/mol. The highest BCUT2D eigenvalue weighted by Gasteiger charge is 2.70. The van der Waals surface area contributed by atoms with E-state index in [1.807, 2.05) is 0 Å². The molecule has 11 atom stereocenters. The van der Waals surface area contributed by atoms with Crippen LogP contribution < -0.4 is 5.32 Å². The predicted molar refractivity (Wildman–Crippen MR) is 214 cm³/mol. The van der Waals surface area contributed by atoms with Crippen molar-refractivity contribution in [1.82, 2.24) is 10.2 Å². The Kier molecular flexibility index (Phi) is 10.3. The van der Waals surface area contributed by atoms with E-state index in [0.717, 1.165) is 25.7 Å². The molecule has 5 fully saturated rings. The third-order valence-corrected chi connectivity index (χ3v) is 19.6. The molecule has 7 aliphatic rings. The van der Waals surface area contributed by atoms with E-state index < -0.39 is 34.8 Å². The number of nitrogens with one attached hydrogen (secondary N) is 1. The second-order valence-corrected chi connectivity index (χ2v) is 23.0. The molecule has 1 heterocycles. The number of carbonyl (C=O) groups is 1. The van der Waals surface area contributed by atoms with Gasteiger partial charge in [-0.1, -0.05) is 58.9 Å². The van der Waals surface area contributed by atoms with Gasteiger partial charge in [0.2, 0.25) is 0 Å². The topological polar surface area (TPSA) is 113 Å². The number of aliphatic hydroxyl groups is 1. The summed E-state index contributed by atoms with van der Waals surface area (Å²) in [4.78, 5) is 14.2. The molecule has 0 spiro atoms. The summed E-state index contributed by atoms with van der Waals surface area (Å²) in [5.74, 6) is 2.55. The summed E-state index contributed by atoms with van der Waals surface area (Å²) in [6, 6.07) is 0. The molecule has 0 aromatic heterocycles. The molecule has 4 saturated carbocycles. The summed E-state index contributed by atoms with van der Waals surface area (Å²) < 4.78 is 34.1. The first-order valence-corrected chi connectivity index (χ1v) is 22.9. The van der Waals surface area contributed by atoms with E-state index in [0.29, 0.717) is 80.1 Å². The first-order valence-electron chi connectivity index (χ1n) is 21.0. The van der Waals surface area contributed by atoms with Gasteiger partial charge in [0.1, 0.15) is 6.67 Å². The van der Waals surface area contributed by atoms with Crippen LogP contribution in [0.3, 0.4) is 0 Å². The van der Waals surface area contributed by atoms with Crippen molar-refractivity contribution in [3.05, 3.63) is 35.5 Å². The molecule has 0 radical (unpaired) electrons. The molecule has 1 saturated heterocycles. The molecule has 9 heteroatoms. The highest BCUT2D eigenvalue weighted by Crippen LogP contribution is 2.76. The van der Waals surface area contributed by atoms with E-state index in [9.17, 15) is 28.5 Å². The van der Waals surface area contributed by atoms with Crippen LogP contribution in [0.2, 0.25) is 0 Å². The van der Waals surface area contributed by atoms with Crippen molar-refractivity contribution >= 4 is 16.6 Å². The van der Waals surface area contributed by atoms with Crippen LogP contribution in [-0.2, 0) is 4.79 Å². The fraction of sp³-hybridized carbons (Fsp3) is 0.841.